The first kappa shape index (κ1) is 18.1. The molecule has 126 valence electrons. The predicted octanol–water partition coefficient (Wildman–Crippen LogP) is 1.66. The first-order valence-electron chi connectivity index (χ1n) is 7.73. The first-order chi connectivity index (χ1) is 10.7. The van der Waals surface area contributed by atoms with Crippen LogP contribution in [0.5, 0.6) is 0 Å². The molecule has 1 aromatic rings. The normalized spacial score (nSPS) is 16.8. The fourth-order valence-electron chi connectivity index (χ4n) is 2.62. The van der Waals surface area contributed by atoms with Crippen LogP contribution in [0.3, 0.4) is 0 Å². The zero-order valence-electron chi connectivity index (χ0n) is 12.9. The van der Waals surface area contributed by atoms with E-state index in [-0.39, 0.29) is 37.1 Å². The van der Waals surface area contributed by atoms with Gasteiger partial charge in [-0.3, -0.25) is 9.59 Å². The summed E-state index contributed by atoms with van der Waals surface area (Å²) in [5, 5.41) is 6.08. The molecule has 2 N–H and O–H groups in total. The molecule has 2 amide bonds. The first-order valence-corrected chi connectivity index (χ1v) is 8.72. The van der Waals surface area contributed by atoms with E-state index in [0.717, 1.165) is 36.0 Å². The standard InChI is InChI=1S/C16H21N3O2S.ClH/c20-15(18-11-12-9-17-10-12)5-6-16(21)19-7-8-22-14-4-2-1-3-13(14)19;/h1-4,12,17H,5-11H2,(H,18,20);1H. The lowest BCUT2D eigenvalue weighted by Crippen LogP contribution is -2.48. The van der Waals surface area contributed by atoms with Crippen LogP contribution in [-0.4, -0.2) is 43.7 Å². The quantitative estimate of drug-likeness (QED) is 0.843. The number of carbonyl (C=O) groups excluding carboxylic acids is 2. The Morgan fingerprint density at radius 1 is 1.26 bits per heavy atom. The number of amides is 2. The molecule has 23 heavy (non-hydrogen) atoms. The average Bonchev–Trinajstić information content (AvgIpc) is 2.50. The maximum Gasteiger partial charge on any atom is 0.227 e. The van der Waals surface area contributed by atoms with Crippen molar-refractivity contribution < 1.29 is 9.59 Å². The van der Waals surface area contributed by atoms with Gasteiger partial charge in [-0.1, -0.05) is 12.1 Å². The third-order valence-corrected chi connectivity index (χ3v) is 5.09. The van der Waals surface area contributed by atoms with E-state index >= 15 is 0 Å². The number of fused-ring (bicyclic) bond motifs is 1. The molecule has 1 saturated heterocycles. The lowest BCUT2D eigenvalue weighted by molar-refractivity contribution is -0.125. The van der Waals surface area contributed by atoms with Gasteiger partial charge in [-0.25, -0.2) is 0 Å². The van der Waals surface area contributed by atoms with Crippen molar-refractivity contribution in [3.63, 3.8) is 0 Å². The highest BCUT2D eigenvalue weighted by molar-refractivity contribution is 7.99. The van der Waals surface area contributed by atoms with Crippen molar-refractivity contribution in [2.75, 3.05) is 36.8 Å². The van der Waals surface area contributed by atoms with Gasteiger partial charge in [0, 0.05) is 55.6 Å². The summed E-state index contributed by atoms with van der Waals surface area (Å²) in [4.78, 5) is 27.2. The van der Waals surface area contributed by atoms with Crippen LogP contribution in [-0.2, 0) is 9.59 Å². The summed E-state index contributed by atoms with van der Waals surface area (Å²) in [7, 11) is 0. The van der Waals surface area contributed by atoms with E-state index in [1.54, 1.807) is 11.8 Å². The van der Waals surface area contributed by atoms with Gasteiger partial charge in [-0.15, -0.1) is 24.2 Å². The van der Waals surface area contributed by atoms with Crippen LogP contribution in [0.25, 0.3) is 0 Å². The molecule has 1 aromatic carbocycles. The Morgan fingerprint density at radius 3 is 2.78 bits per heavy atom. The van der Waals surface area contributed by atoms with Crippen molar-refractivity contribution in [3.8, 4) is 0 Å². The van der Waals surface area contributed by atoms with Crippen LogP contribution >= 0.6 is 24.2 Å². The van der Waals surface area contributed by atoms with Crippen molar-refractivity contribution >= 4 is 41.7 Å². The molecule has 2 aliphatic rings. The third kappa shape index (κ3) is 4.62. The fraction of sp³-hybridized carbons (Fsp3) is 0.500. The second-order valence-electron chi connectivity index (χ2n) is 5.69. The molecular formula is C16H22ClN3O2S. The second-order valence-corrected chi connectivity index (χ2v) is 6.83. The maximum atomic E-state index is 12.4. The molecule has 3 rings (SSSR count). The Kier molecular flexibility index (Phi) is 6.74. The number of nitrogens with one attached hydrogen (secondary N) is 2. The molecule has 0 atom stereocenters. The monoisotopic (exact) mass is 355 g/mol. The van der Waals surface area contributed by atoms with Gasteiger partial charge in [0.25, 0.3) is 0 Å². The lowest BCUT2D eigenvalue weighted by atomic mass is 10.0. The number of para-hydroxylation sites is 1. The Balaban J connectivity index is 0.00000192. The highest BCUT2D eigenvalue weighted by Crippen LogP contribution is 2.34. The Labute approximate surface area is 147 Å². The summed E-state index contributed by atoms with van der Waals surface area (Å²) >= 11 is 1.78. The number of halogens is 1. The van der Waals surface area contributed by atoms with Crippen LogP contribution < -0.4 is 15.5 Å². The molecule has 0 bridgehead atoms. The van der Waals surface area contributed by atoms with Gasteiger partial charge in [0.05, 0.1) is 5.69 Å². The molecule has 0 unspecified atom stereocenters. The molecule has 0 radical (unpaired) electrons. The maximum absolute atomic E-state index is 12.4. The van der Waals surface area contributed by atoms with E-state index in [1.807, 2.05) is 29.2 Å². The summed E-state index contributed by atoms with van der Waals surface area (Å²) in [6.07, 6.45) is 0.540. The van der Waals surface area contributed by atoms with E-state index < -0.39 is 0 Å². The largest absolute Gasteiger partial charge is 0.356 e. The average molecular weight is 356 g/mol. The number of benzene rings is 1. The van der Waals surface area contributed by atoms with Crippen molar-refractivity contribution in [3.05, 3.63) is 24.3 Å². The predicted molar refractivity (Wildman–Crippen MR) is 95.4 cm³/mol. The highest BCUT2D eigenvalue weighted by atomic mass is 35.5. The molecule has 2 heterocycles. The number of anilines is 1. The zero-order chi connectivity index (χ0) is 15.4. The number of hydrogen-bond donors (Lipinski definition) is 2. The number of hydrogen-bond acceptors (Lipinski definition) is 4. The zero-order valence-corrected chi connectivity index (χ0v) is 14.5. The minimum Gasteiger partial charge on any atom is -0.356 e. The topological polar surface area (TPSA) is 61.4 Å². The molecule has 0 spiro atoms. The van der Waals surface area contributed by atoms with Crippen LogP contribution in [0.2, 0.25) is 0 Å². The van der Waals surface area contributed by atoms with Crippen molar-refractivity contribution in [1.29, 1.82) is 0 Å². The van der Waals surface area contributed by atoms with Gasteiger partial charge in [0.1, 0.15) is 0 Å². The van der Waals surface area contributed by atoms with E-state index in [0.29, 0.717) is 12.5 Å². The van der Waals surface area contributed by atoms with Crippen LogP contribution in [0.1, 0.15) is 12.8 Å². The fourth-order valence-corrected chi connectivity index (χ4v) is 3.62. The highest BCUT2D eigenvalue weighted by Gasteiger charge is 2.23. The van der Waals surface area contributed by atoms with E-state index in [4.69, 9.17) is 0 Å². The molecule has 0 saturated carbocycles. The summed E-state index contributed by atoms with van der Waals surface area (Å²) < 4.78 is 0. The molecular weight excluding hydrogens is 334 g/mol. The molecule has 1 fully saturated rings. The van der Waals surface area contributed by atoms with Crippen molar-refractivity contribution in [1.82, 2.24) is 10.6 Å². The van der Waals surface area contributed by atoms with Gasteiger partial charge < -0.3 is 15.5 Å². The molecule has 5 nitrogen and oxygen atoms in total. The molecule has 2 aliphatic heterocycles. The van der Waals surface area contributed by atoms with Gasteiger partial charge in [0.2, 0.25) is 11.8 Å². The van der Waals surface area contributed by atoms with Crippen LogP contribution in [0.15, 0.2) is 29.2 Å². The van der Waals surface area contributed by atoms with Gasteiger partial charge in [0.15, 0.2) is 0 Å². The Morgan fingerprint density at radius 2 is 2.04 bits per heavy atom. The number of carbonyl (C=O) groups is 2. The van der Waals surface area contributed by atoms with E-state index in [2.05, 4.69) is 10.6 Å². The minimum absolute atomic E-state index is 0. The Hall–Kier alpha value is -1.24. The molecule has 0 aromatic heterocycles. The summed E-state index contributed by atoms with van der Waals surface area (Å²) in [6, 6.07) is 7.95. The smallest absolute Gasteiger partial charge is 0.227 e. The van der Waals surface area contributed by atoms with Crippen LogP contribution in [0, 0.1) is 5.92 Å². The van der Waals surface area contributed by atoms with Crippen molar-refractivity contribution in [2.24, 2.45) is 5.92 Å². The Bertz CT molecular complexity index is 566. The molecule has 0 aliphatic carbocycles. The second kappa shape index (κ2) is 8.57. The SMILES string of the molecule is Cl.O=C(CCC(=O)N1CCSc2ccccc21)NCC1CNC1. The minimum atomic E-state index is -0.0279. The number of thioether (sulfide) groups is 1. The number of nitrogens with zero attached hydrogens (tertiary/aromatic N) is 1. The third-order valence-electron chi connectivity index (χ3n) is 4.05. The van der Waals surface area contributed by atoms with Gasteiger partial charge in [-0.05, 0) is 12.1 Å². The lowest BCUT2D eigenvalue weighted by Gasteiger charge is -2.29. The summed E-state index contributed by atoms with van der Waals surface area (Å²) in [5.74, 6) is 1.46. The van der Waals surface area contributed by atoms with E-state index in [1.165, 1.54) is 0 Å². The number of rotatable bonds is 5. The van der Waals surface area contributed by atoms with Gasteiger partial charge in [-0.2, -0.15) is 0 Å². The summed E-state index contributed by atoms with van der Waals surface area (Å²) in [5.41, 5.74) is 0.977. The van der Waals surface area contributed by atoms with Crippen molar-refractivity contribution in [2.45, 2.75) is 17.7 Å². The van der Waals surface area contributed by atoms with Gasteiger partial charge >= 0.3 is 0 Å². The summed E-state index contributed by atoms with van der Waals surface area (Å²) in [6.45, 7) is 3.38. The molecule has 7 heteroatoms. The van der Waals surface area contributed by atoms with E-state index in [9.17, 15) is 9.59 Å². The van der Waals surface area contributed by atoms with Crippen LogP contribution in [0.4, 0.5) is 5.69 Å².